The molecule has 4 N–H and O–H groups in total. The zero-order chi connectivity index (χ0) is 14.8. The van der Waals surface area contributed by atoms with Gasteiger partial charge in [0.1, 0.15) is 4.90 Å². The first kappa shape index (κ1) is 15.1. The molecule has 10 heteroatoms. The van der Waals surface area contributed by atoms with Gasteiger partial charge in [-0.15, -0.1) is 0 Å². The number of hydrogen-bond donors (Lipinski definition) is 3. The van der Waals surface area contributed by atoms with E-state index >= 15 is 0 Å². The van der Waals surface area contributed by atoms with Gasteiger partial charge in [0.25, 0.3) is 0 Å². The first-order valence-electron chi connectivity index (χ1n) is 6.02. The van der Waals surface area contributed by atoms with Gasteiger partial charge in [-0.3, -0.25) is 5.43 Å². The van der Waals surface area contributed by atoms with Gasteiger partial charge in [-0.25, -0.2) is 24.2 Å². The minimum atomic E-state index is -3.71. The number of ether oxygens (including phenoxy) is 1. The van der Waals surface area contributed by atoms with E-state index in [1.54, 1.807) is 6.92 Å². The molecule has 0 spiro atoms. The summed E-state index contributed by atoms with van der Waals surface area (Å²) in [5, 5.41) is 9.14. The number of anilines is 1. The summed E-state index contributed by atoms with van der Waals surface area (Å²) in [6.07, 6.45) is 1.55. The maximum atomic E-state index is 12.5. The number of nitrogens with one attached hydrogen (secondary N) is 1. The number of nitrogens with two attached hydrogens (primary N) is 1. The van der Waals surface area contributed by atoms with E-state index in [0.717, 1.165) is 0 Å². The summed E-state index contributed by atoms with van der Waals surface area (Å²) in [6, 6.07) is 0. The molecule has 0 amide bonds. The van der Waals surface area contributed by atoms with E-state index in [4.69, 9.17) is 15.7 Å². The molecule has 20 heavy (non-hydrogen) atoms. The Morgan fingerprint density at radius 1 is 1.50 bits per heavy atom. The Hall–Kier alpha value is -1.33. The predicted octanol–water partition coefficient (Wildman–Crippen LogP) is -1.47. The molecule has 1 aliphatic heterocycles. The summed E-state index contributed by atoms with van der Waals surface area (Å²) < 4.78 is 31.6. The number of aliphatic hydroxyl groups is 1. The number of sulfonamides is 1. The molecule has 2 heterocycles. The van der Waals surface area contributed by atoms with E-state index in [9.17, 15) is 8.42 Å². The van der Waals surface area contributed by atoms with Crippen LogP contribution in [0.3, 0.4) is 0 Å². The summed E-state index contributed by atoms with van der Waals surface area (Å²) in [6.45, 7) is 1.83. The first-order chi connectivity index (χ1) is 9.47. The maximum Gasteiger partial charge on any atom is 0.246 e. The number of hydrazine groups is 1. The SMILES string of the molecule is CC1CN(S(=O)(=O)c2cnc(NN)nc2)CC(CO)O1. The van der Waals surface area contributed by atoms with Crippen LogP contribution in [-0.4, -0.2) is 59.7 Å². The minimum Gasteiger partial charge on any atom is -0.394 e. The number of rotatable bonds is 4. The fraction of sp³-hybridized carbons (Fsp3) is 0.600. The van der Waals surface area contributed by atoms with Crippen LogP contribution in [0.1, 0.15) is 6.92 Å². The van der Waals surface area contributed by atoms with Gasteiger partial charge in [0, 0.05) is 13.1 Å². The van der Waals surface area contributed by atoms with Crippen molar-refractivity contribution >= 4 is 16.0 Å². The van der Waals surface area contributed by atoms with Gasteiger partial charge in [-0.05, 0) is 6.92 Å². The Morgan fingerprint density at radius 3 is 2.70 bits per heavy atom. The van der Waals surface area contributed by atoms with Gasteiger partial charge in [0.2, 0.25) is 16.0 Å². The molecule has 2 atom stereocenters. The third-order valence-electron chi connectivity index (χ3n) is 2.89. The van der Waals surface area contributed by atoms with E-state index in [1.165, 1.54) is 16.7 Å². The van der Waals surface area contributed by atoms with Crippen molar-refractivity contribution in [3.8, 4) is 0 Å². The van der Waals surface area contributed by atoms with Crippen molar-refractivity contribution in [3.05, 3.63) is 12.4 Å². The molecule has 0 saturated carbocycles. The lowest BCUT2D eigenvalue weighted by atomic mass is 10.2. The van der Waals surface area contributed by atoms with Crippen molar-refractivity contribution in [2.24, 2.45) is 5.84 Å². The van der Waals surface area contributed by atoms with Crippen LogP contribution < -0.4 is 11.3 Å². The van der Waals surface area contributed by atoms with Crippen molar-refractivity contribution in [1.29, 1.82) is 0 Å². The summed E-state index contributed by atoms with van der Waals surface area (Å²) >= 11 is 0. The van der Waals surface area contributed by atoms with Crippen LogP contribution in [0.25, 0.3) is 0 Å². The molecule has 1 aromatic heterocycles. The van der Waals surface area contributed by atoms with Crippen molar-refractivity contribution < 1.29 is 18.3 Å². The largest absolute Gasteiger partial charge is 0.394 e. The molecule has 0 aliphatic carbocycles. The van der Waals surface area contributed by atoms with Gasteiger partial charge in [-0.1, -0.05) is 0 Å². The zero-order valence-corrected chi connectivity index (χ0v) is 11.7. The van der Waals surface area contributed by atoms with Gasteiger partial charge < -0.3 is 9.84 Å². The number of aromatic nitrogens is 2. The number of nitrogen functional groups attached to an aromatic ring is 1. The number of nitrogens with zero attached hydrogens (tertiary/aromatic N) is 3. The lowest BCUT2D eigenvalue weighted by molar-refractivity contribution is -0.0750. The Balaban J connectivity index is 2.24. The van der Waals surface area contributed by atoms with Crippen LogP contribution >= 0.6 is 0 Å². The average Bonchev–Trinajstić information content (AvgIpc) is 2.46. The third-order valence-corrected chi connectivity index (χ3v) is 4.68. The van der Waals surface area contributed by atoms with E-state index in [1.807, 2.05) is 0 Å². The zero-order valence-electron chi connectivity index (χ0n) is 10.9. The Morgan fingerprint density at radius 2 is 2.15 bits per heavy atom. The second kappa shape index (κ2) is 5.97. The van der Waals surface area contributed by atoms with Crippen LogP contribution in [0.2, 0.25) is 0 Å². The molecule has 2 unspecified atom stereocenters. The highest BCUT2D eigenvalue weighted by atomic mass is 32.2. The van der Waals surface area contributed by atoms with Gasteiger partial charge >= 0.3 is 0 Å². The van der Waals surface area contributed by atoms with Crippen LogP contribution in [0.5, 0.6) is 0 Å². The molecular weight excluding hydrogens is 286 g/mol. The highest BCUT2D eigenvalue weighted by molar-refractivity contribution is 7.89. The monoisotopic (exact) mass is 303 g/mol. The maximum absolute atomic E-state index is 12.5. The Bertz CT molecular complexity index is 549. The molecule has 1 aliphatic rings. The number of hydrogen-bond acceptors (Lipinski definition) is 8. The second-order valence-corrected chi connectivity index (χ2v) is 6.40. The molecule has 0 aromatic carbocycles. The van der Waals surface area contributed by atoms with Crippen molar-refractivity contribution in [2.75, 3.05) is 25.1 Å². The summed E-state index contributed by atoms with van der Waals surface area (Å²) in [5.74, 6) is 5.26. The van der Waals surface area contributed by atoms with E-state index in [0.29, 0.717) is 0 Å². The molecule has 2 rings (SSSR count). The lowest BCUT2D eigenvalue weighted by Crippen LogP contribution is -2.50. The van der Waals surface area contributed by atoms with E-state index < -0.39 is 16.1 Å². The van der Waals surface area contributed by atoms with Crippen LogP contribution in [0.4, 0.5) is 5.95 Å². The highest BCUT2D eigenvalue weighted by Crippen LogP contribution is 2.20. The number of morpholine rings is 1. The van der Waals surface area contributed by atoms with Crippen molar-refractivity contribution in [1.82, 2.24) is 14.3 Å². The Kier molecular flexibility index (Phi) is 4.50. The molecule has 1 aromatic rings. The minimum absolute atomic E-state index is 0.0257. The smallest absolute Gasteiger partial charge is 0.246 e. The quantitative estimate of drug-likeness (QED) is 0.454. The molecule has 9 nitrogen and oxygen atoms in total. The summed E-state index contributed by atoms with van der Waals surface area (Å²) in [5.41, 5.74) is 2.22. The van der Waals surface area contributed by atoms with Crippen LogP contribution in [-0.2, 0) is 14.8 Å². The fourth-order valence-electron chi connectivity index (χ4n) is 1.97. The van der Waals surface area contributed by atoms with Crippen molar-refractivity contribution in [2.45, 2.75) is 24.0 Å². The Labute approximate surface area is 116 Å². The van der Waals surface area contributed by atoms with Gasteiger partial charge in [0.15, 0.2) is 0 Å². The fourth-order valence-corrected chi connectivity index (χ4v) is 3.41. The molecule has 0 radical (unpaired) electrons. The van der Waals surface area contributed by atoms with Crippen LogP contribution in [0, 0.1) is 0 Å². The molecule has 1 saturated heterocycles. The highest BCUT2D eigenvalue weighted by Gasteiger charge is 2.33. The molecular formula is C10H17N5O4S. The van der Waals surface area contributed by atoms with Gasteiger partial charge in [0.05, 0.1) is 31.2 Å². The number of aliphatic hydroxyl groups excluding tert-OH is 1. The first-order valence-corrected chi connectivity index (χ1v) is 7.46. The average molecular weight is 303 g/mol. The lowest BCUT2D eigenvalue weighted by Gasteiger charge is -2.35. The van der Waals surface area contributed by atoms with Gasteiger partial charge in [-0.2, -0.15) is 4.31 Å². The normalized spacial score (nSPS) is 24.6. The van der Waals surface area contributed by atoms with Crippen molar-refractivity contribution in [3.63, 3.8) is 0 Å². The molecule has 0 bridgehead atoms. The van der Waals surface area contributed by atoms with E-state index in [-0.39, 0.29) is 36.6 Å². The topological polar surface area (TPSA) is 131 Å². The molecule has 1 fully saturated rings. The third kappa shape index (κ3) is 3.04. The second-order valence-electron chi connectivity index (χ2n) is 4.46. The van der Waals surface area contributed by atoms with E-state index in [2.05, 4.69) is 15.4 Å². The predicted molar refractivity (Wildman–Crippen MR) is 70.0 cm³/mol. The summed E-state index contributed by atoms with van der Waals surface area (Å²) in [7, 11) is -3.71. The molecule has 112 valence electrons. The standard InChI is InChI=1S/C10H17N5O4S/c1-7-4-15(5-8(6-16)19-7)20(17,18)9-2-12-10(14-11)13-3-9/h2-3,7-8,16H,4-6,11H2,1H3,(H,12,13,14). The summed E-state index contributed by atoms with van der Waals surface area (Å²) in [4.78, 5) is 7.54. The van der Waals surface area contributed by atoms with Crippen LogP contribution in [0.15, 0.2) is 17.3 Å².